The van der Waals surface area contributed by atoms with Gasteiger partial charge in [0.1, 0.15) is 12.7 Å². The van der Waals surface area contributed by atoms with Crippen LogP contribution in [-0.4, -0.2) is 48.7 Å². The number of H-pyrrole nitrogens is 1. The van der Waals surface area contributed by atoms with Gasteiger partial charge in [0.2, 0.25) is 0 Å². The number of rotatable bonds is 12. The number of esters is 2. The number of hydrogen-bond acceptors (Lipinski definition) is 9. The van der Waals surface area contributed by atoms with E-state index in [1.54, 1.807) is 26.0 Å². The number of hydrogen-bond donors (Lipinski definition) is 1. The average Bonchev–Trinajstić information content (AvgIpc) is 3.31. The molecular weight excluding hydrogens is 474 g/mol. The van der Waals surface area contributed by atoms with Crippen molar-refractivity contribution in [1.82, 2.24) is 9.97 Å². The summed E-state index contributed by atoms with van der Waals surface area (Å²) in [5, 5.41) is 17.0. The van der Waals surface area contributed by atoms with Crippen LogP contribution in [0.2, 0.25) is 0 Å². The zero-order valence-electron chi connectivity index (χ0n) is 22.2. The summed E-state index contributed by atoms with van der Waals surface area (Å²) in [6.07, 6.45) is 0.860. The molecule has 0 spiro atoms. The van der Waals surface area contributed by atoms with Gasteiger partial charge in [-0.3, -0.25) is 14.6 Å². The summed E-state index contributed by atoms with van der Waals surface area (Å²) in [6.45, 7) is 17.7. The van der Waals surface area contributed by atoms with E-state index in [1.807, 2.05) is 39.0 Å². The first-order valence-electron chi connectivity index (χ1n) is 11.9. The molecule has 0 saturated heterocycles. The summed E-state index contributed by atoms with van der Waals surface area (Å²) in [5.41, 5.74) is -0.148. The van der Waals surface area contributed by atoms with Crippen molar-refractivity contribution in [3.63, 3.8) is 0 Å². The van der Waals surface area contributed by atoms with Crippen LogP contribution in [0.4, 0.5) is 23.1 Å². The summed E-state index contributed by atoms with van der Waals surface area (Å²) in [4.78, 5) is 36.8. The number of nitrogens with one attached hydrogen (secondary N) is 1. The fourth-order valence-electron chi connectivity index (χ4n) is 3.95. The highest BCUT2D eigenvalue weighted by atomic mass is 16.5. The minimum atomic E-state index is -0.807. The quantitative estimate of drug-likeness (QED) is 0.223. The molecule has 0 radical (unpaired) electrons. The smallest absolute Gasteiger partial charge is 0.322 e. The molecular formula is C26H33N7O4. The monoisotopic (exact) mass is 507 g/mol. The van der Waals surface area contributed by atoms with Gasteiger partial charge in [0.25, 0.3) is 5.82 Å². The molecule has 1 heterocycles. The lowest BCUT2D eigenvalue weighted by atomic mass is 9.72. The van der Waals surface area contributed by atoms with E-state index in [0.29, 0.717) is 31.6 Å². The highest BCUT2D eigenvalue weighted by molar-refractivity contribution is 5.80. The number of nitriles is 1. The Hall–Kier alpha value is -4.25. The Morgan fingerprint density at radius 2 is 1.86 bits per heavy atom. The van der Waals surface area contributed by atoms with Crippen molar-refractivity contribution in [2.75, 3.05) is 31.7 Å². The Morgan fingerprint density at radius 3 is 2.38 bits per heavy atom. The number of aromatic nitrogens is 2. The highest BCUT2D eigenvalue weighted by Crippen LogP contribution is 2.38. The van der Waals surface area contributed by atoms with Crippen molar-refractivity contribution in [2.24, 2.45) is 21.1 Å². The van der Waals surface area contributed by atoms with Gasteiger partial charge in [0, 0.05) is 12.2 Å². The summed E-state index contributed by atoms with van der Waals surface area (Å²) in [7, 11) is 1.34. The molecule has 0 aliphatic rings. The predicted molar refractivity (Wildman–Crippen MR) is 138 cm³/mol. The van der Waals surface area contributed by atoms with Gasteiger partial charge in [-0.25, -0.2) is 0 Å². The Morgan fingerprint density at radius 1 is 1.19 bits per heavy atom. The standard InChI is InChI=1S/C26H33N7O4/c1-8-26(5,17-25(3,4)22(34)36-7)23(35)37-15-14-33(9-2)19-12-10-18(11-13-19)31-32-24-29-20(16-27)21(28-6)30-24/h10-13H,8-9,14-15,17H2,1-5,7H3,(H,29,30). The number of carbonyl (C=O) groups is 2. The van der Waals surface area contributed by atoms with Gasteiger partial charge < -0.3 is 19.2 Å². The van der Waals surface area contributed by atoms with E-state index in [2.05, 4.69) is 29.9 Å². The van der Waals surface area contributed by atoms with E-state index < -0.39 is 10.8 Å². The molecule has 37 heavy (non-hydrogen) atoms. The maximum absolute atomic E-state index is 12.9. The largest absolute Gasteiger partial charge is 0.469 e. The molecule has 0 saturated carbocycles. The molecule has 0 amide bonds. The molecule has 1 unspecified atom stereocenters. The van der Waals surface area contributed by atoms with Crippen LogP contribution in [0.5, 0.6) is 0 Å². The van der Waals surface area contributed by atoms with Gasteiger partial charge in [-0.2, -0.15) is 10.2 Å². The molecule has 0 aliphatic heterocycles. The first-order chi connectivity index (χ1) is 17.5. The minimum absolute atomic E-state index is 0.0231. The molecule has 0 bridgehead atoms. The van der Waals surface area contributed by atoms with E-state index in [9.17, 15) is 9.59 Å². The van der Waals surface area contributed by atoms with Crippen molar-refractivity contribution in [3.8, 4) is 6.07 Å². The van der Waals surface area contributed by atoms with Crippen molar-refractivity contribution in [2.45, 2.75) is 47.5 Å². The maximum atomic E-state index is 12.9. The highest BCUT2D eigenvalue weighted by Gasteiger charge is 2.42. The third-order valence-electron chi connectivity index (χ3n) is 6.18. The van der Waals surface area contributed by atoms with Crippen LogP contribution in [0.3, 0.4) is 0 Å². The van der Waals surface area contributed by atoms with Gasteiger partial charge in [-0.1, -0.05) is 18.6 Å². The second kappa shape index (κ2) is 12.6. The van der Waals surface area contributed by atoms with Crippen LogP contribution in [0.15, 0.2) is 34.5 Å². The van der Waals surface area contributed by atoms with E-state index in [4.69, 9.17) is 21.3 Å². The Kier molecular flexibility index (Phi) is 9.90. The van der Waals surface area contributed by atoms with Crippen LogP contribution < -0.4 is 4.90 Å². The lowest BCUT2D eigenvalue weighted by Gasteiger charge is -2.33. The van der Waals surface area contributed by atoms with Crippen LogP contribution in [0.1, 0.15) is 53.2 Å². The number of methoxy groups -OCH3 is 1. The molecule has 1 aromatic heterocycles. The first-order valence-corrected chi connectivity index (χ1v) is 11.9. The number of nitrogens with zero attached hydrogens (tertiary/aromatic N) is 6. The number of aromatic amines is 1. The summed E-state index contributed by atoms with van der Waals surface area (Å²) in [5.74, 6) is -0.586. The third kappa shape index (κ3) is 7.37. The van der Waals surface area contributed by atoms with Crippen LogP contribution in [0, 0.1) is 28.7 Å². The van der Waals surface area contributed by atoms with Gasteiger partial charge in [-0.05, 0) is 64.8 Å². The molecule has 196 valence electrons. The van der Waals surface area contributed by atoms with Gasteiger partial charge in [0.15, 0.2) is 5.69 Å². The third-order valence-corrected chi connectivity index (χ3v) is 6.18. The van der Waals surface area contributed by atoms with Gasteiger partial charge >= 0.3 is 17.9 Å². The van der Waals surface area contributed by atoms with Gasteiger partial charge in [-0.15, -0.1) is 5.11 Å². The fourth-order valence-corrected chi connectivity index (χ4v) is 3.95. The molecule has 11 nitrogen and oxygen atoms in total. The lowest BCUT2D eigenvalue weighted by Crippen LogP contribution is -2.39. The van der Waals surface area contributed by atoms with Crippen LogP contribution in [-0.2, 0) is 19.1 Å². The number of anilines is 1. The number of azo groups is 1. The van der Waals surface area contributed by atoms with Crippen molar-refractivity contribution in [3.05, 3.63) is 41.4 Å². The van der Waals surface area contributed by atoms with Crippen molar-refractivity contribution < 1.29 is 19.1 Å². The van der Waals surface area contributed by atoms with Gasteiger partial charge in [0.05, 0.1) is 30.2 Å². The zero-order chi connectivity index (χ0) is 27.6. The number of imidazole rings is 1. The van der Waals surface area contributed by atoms with E-state index in [1.165, 1.54) is 7.11 Å². The fraction of sp³-hybridized carbons (Fsp3) is 0.500. The van der Waals surface area contributed by atoms with E-state index >= 15 is 0 Å². The molecule has 2 rings (SSSR count). The molecule has 11 heteroatoms. The zero-order valence-corrected chi connectivity index (χ0v) is 22.2. The molecule has 1 atom stereocenters. The lowest BCUT2D eigenvalue weighted by molar-refractivity contribution is -0.161. The molecule has 0 aliphatic carbocycles. The van der Waals surface area contributed by atoms with Crippen LogP contribution >= 0.6 is 0 Å². The summed E-state index contributed by atoms with van der Waals surface area (Å²) < 4.78 is 10.5. The molecule has 1 aromatic carbocycles. The SMILES string of the molecule is [C-]#[N+]c1[nH]c(N=Nc2ccc(N(CC)CCOC(=O)C(C)(CC)CC(C)(C)C(=O)OC)cc2)nc1C#N. The van der Waals surface area contributed by atoms with Crippen LogP contribution in [0.25, 0.3) is 4.85 Å². The summed E-state index contributed by atoms with van der Waals surface area (Å²) >= 11 is 0. The second-order valence-corrected chi connectivity index (χ2v) is 9.38. The first kappa shape index (κ1) is 29.0. The molecule has 0 fully saturated rings. The topological polar surface area (TPSA) is 137 Å². The Bertz CT molecular complexity index is 1170. The van der Waals surface area contributed by atoms with E-state index in [0.717, 1.165) is 5.69 Å². The Balaban J connectivity index is 1.99. The van der Waals surface area contributed by atoms with Crippen molar-refractivity contribution in [1.29, 1.82) is 5.26 Å². The van der Waals surface area contributed by atoms with Crippen molar-refractivity contribution >= 4 is 35.1 Å². The van der Waals surface area contributed by atoms with E-state index in [-0.39, 0.29) is 36.0 Å². The number of carbonyl (C=O) groups excluding carboxylic acids is 2. The second-order valence-electron chi connectivity index (χ2n) is 9.38. The maximum Gasteiger partial charge on any atom is 0.322 e. The molecule has 2 aromatic rings. The number of benzene rings is 1. The Labute approximate surface area is 217 Å². The summed E-state index contributed by atoms with van der Waals surface area (Å²) in [6, 6.07) is 9.14. The average molecular weight is 508 g/mol. The molecule has 1 N–H and O–H groups in total. The predicted octanol–water partition coefficient (Wildman–Crippen LogP) is 5.62. The normalized spacial score (nSPS) is 12.9. The minimum Gasteiger partial charge on any atom is -0.469 e. The number of likely N-dealkylation sites (N-methyl/N-ethyl adjacent to an activating group) is 1. The number of ether oxygens (including phenoxy) is 2.